The molecule has 226 valence electrons. The fraction of sp³-hybridized carbons (Fsp3) is 0.818. The summed E-state index contributed by atoms with van der Waals surface area (Å²) in [6.45, 7) is 22.0. The third-order valence-electron chi connectivity index (χ3n) is 9.32. The second-order valence-corrected chi connectivity index (χ2v) is 16.1. The van der Waals surface area contributed by atoms with Crippen LogP contribution in [0.5, 0.6) is 0 Å². The molecule has 5 rings (SSSR count). The first-order chi connectivity index (χ1) is 19.0. The normalized spacial score (nSPS) is 36.3. The zero-order chi connectivity index (χ0) is 28.4. The van der Waals surface area contributed by atoms with Crippen LogP contribution in [0.25, 0.3) is 0 Å². The van der Waals surface area contributed by atoms with Crippen LogP contribution in [0.4, 0.5) is 0 Å². The summed E-state index contributed by atoms with van der Waals surface area (Å²) in [5, 5.41) is 8.42. The maximum atomic E-state index is 7.14. The molecule has 3 saturated heterocycles. The van der Waals surface area contributed by atoms with Crippen LogP contribution < -0.4 is 15.4 Å². The van der Waals surface area contributed by atoms with E-state index < -0.39 is 0 Å². The lowest BCUT2D eigenvalue weighted by molar-refractivity contribution is -0.0780. The van der Waals surface area contributed by atoms with Crippen molar-refractivity contribution in [2.45, 2.75) is 123 Å². The van der Waals surface area contributed by atoms with Crippen molar-refractivity contribution < 1.29 is 4.74 Å². The van der Waals surface area contributed by atoms with Gasteiger partial charge < -0.3 is 4.74 Å². The number of nitrogens with zero attached hydrogens (tertiary/aromatic N) is 2. The van der Waals surface area contributed by atoms with Gasteiger partial charge in [0, 0.05) is 56.5 Å². The molecule has 1 aliphatic carbocycles. The lowest BCUT2D eigenvalue weighted by Gasteiger charge is -2.41. The molecule has 3 heterocycles. The van der Waals surface area contributed by atoms with E-state index >= 15 is 0 Å². The summed E-state index contributed by atoms with van der Waals surface area (Å²) in [5.74, 6) is 1.48. The van der Waals surface area contributed by atoms with Crippen LogP contribution in [-0.2, 0) is 4.74 Å². The lowest BCUT2D eigenvalue weighted by Crippen LogP contribution is -2.62. The first-order valence-corrected chi connectivity index (χ1v) is 17.0. The molecule has 8 atom stereocenters. The molecule has 0 aromatic heterocycles. The molecule has 3 aliphatic heterocycles. The Labute approximate surface area is 249 Å². The topological polar surface area (TPSA) is 51.8 Å². The third-order valence-corrected chi connectivity index (χ3v) is 10.5. The Balaban J connectivity index is 1.45. The number of hydrogen-bond acceptors (Lipinski definition) is 7. The van der Waals surface area contributed by atoms with E-state index in [1.165, 1.54) is 55.3 Å². The van der Waals surface area contributed by atoms with Gasteiger partial charge in [-0.2, -0.15) is 0 Å². The summed E-state index contributed by atoms with van der Waals surface area (Å²) in [7, 11) is 0. The second-order valence-electron chi connectivity index (χ2n) is 15.0. The average Bonchev–Trinajstić information content (AvgIpc) is 2.99. The highest BCUT2D eigenvalue weighted by Gasteiger charge is 2.38. The van der Waals surface area contributed by atoms with Crippen molar-refractivity contribution in [1.82, 2.24) is 25.2 Å². The van der Waals surface area contributed by atoms with Crippen LogP contribution in [0.3, 0.4) is 0 Å². The number of ether oxygens (including phenoxy) is 1. The van der Waals surface area contributed by atoms with E-state index in [0.717, 1.165) is 38.5 Å². The molecule has 6 bridgehead atoms. The zero-order valence-electron chi connectivity index (χ0n) is 26.3. The van der Waals surface area contributed by atoms with Crippen LogP contribution in [0.2, 0.25) is 0 Å². The Morgan fingerprint density at radius 3 is 2.50 bits per heavy atom. The first-order valence-electron chi connectivity index (χ1n) is 16.1. The second kappa shape index (κ2) is 13.3. The van der Waals surface area contributed by atoms with Gasteiger partial charge in [0.25, 0.3) is 0 Å². The van der Waals surface area contributed by atoms with Gasteiger partial charge in [-0.15, -0.1) is 0 Å². The molecular weight excluding hydrogens is 514 g/mol. The average molecular weight is 572 g/mol. The predicted octanol–water partition coefficient (Wildman–Crippen LogP) is 5.81. The fourth-order valence-corrected chi connectivity index (χ4v) is 9.01. The van der Waals surface area contributed by atoms with Crippen molar-refractivity contribution >= 4 is 11.9 Å². The van der Waals surface area contributed by atoms with Crippen LogP contribution in [-0.4, -0.2) is 72.4 Å². The van der Waals surface area contributed by atoms with Crippen molar-refractivity contribution in [3.05, 3.63) is 34.9 Å². The van der Waals surface area contributed by atoms with Crippen LogP contribution >= 0.6 is 11.9 Å². The van der Waals surface area contributed by atoms with E-state index in [0.29, 0.717) is 17.2 Å². The maximum Gasteiger partial charge on any atom is 0.123 e. The maximum absolute atomic E-state index is 7.14. The third kappa shape index (κ3) is 8.24. The minimum Gasteiger partial charge on any atom is -0.357 e. The van der Waals surface area contributed by atoms with Crippen molar-refractivity contribution in [2.24, 2.45) is 17.3 Å². The fourth-order valence-electron chi connectivity index (χ4n) is 7.89. The Hall–Kier alpha value is -0.670. The van der Waals surface area contributed by atoms with Gasteiger partial charge in [0.1, 0.15) is 12.5 Å². The first kappa shape index (κ1) is 30.8. The van der Waals surface area contributed by atoms with Gasteiger partial charge in [0.2, 0.25) is 0 Å². The molecular formula is C33H57N5OS. The van der Waals surface area contributed by atoms with Gasteiger partial charge >= 0.3 is 0 Å². The summed E-state index contributed by atoms with van der Waals surface area (Å²) >= 11 is 1.96. The van der Waals surface area contributed by atoms with Gasteiger partial charge in [-0.3, -0.25) is 20.4 Å². The minimum absolute atomic E-state index is 0.00784. The number of aryl methyl sites for hydroxylation is 2. The zero-order valence-corrected chi connectivity index (χ0v) is 27.2. The van der Waals surface area contributed by atoms with Crippen molar-refractivity contribution in [1.29, 1.82) is 0 Å². The molecule has 6 nitrogen and oxygen atoms in total. The molecule has 4 aliphatic rings. The standard InChI is InChI=1S/C33H57N5OS/c1-22(2)14-26-18-37(21-33(5,6)7)19-27-20-38(26)17-25-12-9-13-28(15-25)40-36-32-34-29(16-30(35-32)39-27)31-23(3)10-8-11-24(31)4/h8,10-11,22,25-30,32,34-36H,9,12-21H2,1-7H3/t25?,26-,27-,28?,29?,30?,32?/m1/s1. The van der Waals surface area contributed by atoms with Gasteiger partial charge in [-0.25, -0.2) is 4.72 Å². The van der Waals surface area contributed by atoms with Gasteiger partial charge in [-0.05, 0) is 73.5 Å². The van der Waals surface area contributed by atoms with E-state index in [9.17, 15) is 0 Å². The summed E-state index contributed by atoms with van der Waals surface area (Å²) in [6, 6.07) is 7.55. The molecule has 1 aromatic rings. The number of hydrogen-bond donors (Lipinski definition) is 3. The van der Waals surface area contributed by atoms with E-state index in [1.54, 1.807) is 0 Å². The number of rotatable bonds is 4. The van der Waals surface area contributed by atoms with Crippen molar-refractivity contribution in [3.8, 4) is 0 Å². The molecule has 7 heteroatoms. The Bertz CT molecular complexity index is 946. The van der Waals surface area contributed by atoms with Crippen LogP contribution in [0.1, 0.15) is 95.9 Å². The summed E-state index contributed by atoms with van der Waals surface area (Å²) in [4.78, 5) is 5.61. The largest absolute Gasteiger partial charge is 0.357 e. The summed E-state index contributed by atoms with van der Waals surface area (Å²) in [5.41, 5.74) is 4.44. The highest BCUT2D eigenvalue weighted by atomic mass is 32.2. The van der Waals surface area contributed by atoms with Crippen LogP contribution in [0.15, 0.2) is 18.2 Å². The highest BCUT2D eigenvalue weighted by Crippen LogP contribution is 2.35. The molecule has 3 N–H and O–H groups in total. The summed E-state index contributed by atoms with van der Waals surface area (Å²) < 4.78 is 11.0. The van der Waals surface area contributed by atoms with E-state index in [2.05, 4.69) is 91.8 Å². The molecule has 6 unspecified atom stereocenters. The molecule has 1 aromatic carbocycles. The Morgan fingerprint density at radius 2 is 1.77 bits per heavy atom. The number of benzene rings is 1. The molecule has 40 heavy (non-hydrogen) atoms. The van der Waals surface area contributed by atoms with Crippen molar-refractivity contribution in [2.75, 3.05) is 32.7 Å². The SMILES string of the molecule is Cc1cccc(C)c1C1CC2NC(NSC3CCCC(C3)CN3C[C@@H](CN(CC(C)(C)C)C[C@H]3CC(C)C)O2)N1. The molecule has 4 fully saturated rings. The highest BCUT2D eigenvalue weighted by molar-refractivity contribution is 7.98. The van der Waals surface area contributed by atoms with E-state index in [-0.39, 0.29) is 30.1 Å². The Kier molecular flexibility index (Phi) is 10.2. The van der Waals surface area contributed by atoms with Crippen molar-refractivity contribution in [3.63, 3.8) is 0 Å². The molecule has 0 spiro atoms. The summed E-state index contributed by atoms with van der Waals surface area (Å²) in [6.07, 6.45) is 7.78. The molecule has 0 radical (unpaired) electrons. The Morgan fingerprint density at radius 1 is 1.00 bits per heavy atom. The number of nitrogens with one attached hydrogen (secondary N) is 3. The predicted molar refractivity (Wildman–Crippen MR) is 169 cm³/mol. The molecule has 0 amide bonds. The van der Waals surface area contributed by atoms with E-state index in [4.69, 9.17) is 4.74 Å². The van der Waals surface area contributed by atoms with Gasteiger partial charge in [0.15, 0.2) is 0 Å². The minimum atomic E-state index is 0.00784. The van der Waals surface area contributed by atoms with Crippen LogP contribution in [0, 0.1) is 31.1 Å². The van der Waals surface area contributed by atoms with Gasteiger partial charge in [0.05, 0.1) is 6.10 Å². The number of fused-ring (bicyclic) bond motifs is 6. The quantitative estimate of drug-likeness (QED) is 0.394. The lowest BCUT2D eigenvalue weighted by atomic mass is 9.87. The van der Waals surface area contributed by atoms with Gasteiger partial charge in [-0.1, -0.05) is 71.2 Å². The van der Waals surface area contributed by atoms with E-state index in [1.807, 2.05) is 11.9 Å². The monoisotopic (exact) mass is 571 g/mol. The molecule has 1 saturated carbocycles. The smallest absolute Gasteiger partial charge is 0.123 e.